The topological polar surface area (TPSA) is 12.0 Å². The van der Waals surface area contributed by atoms with Crippen LogP contribution >= 0.6 is 15.9 Å². The van der Waals surface area contributed by atoms with Gasteiger partial charge in [-0.25, -0.2) is 4.39 Å². The molecule has 1 N–H and O–H groups in total. The summed E-state index contributed by atoms with van der Waals surface area (Å²) in [4.78, 5) is 0. The zero-order valence-corrected chi connectivity index (χ0v) is 12.5. The highest BCUT2D eigenvalue weighted by molar-refractivity contribution is 9.10. The third-order valence-corrected chi connectivity index (χ3v) is 4.27. The lowest BCUT2D eigenvalue weighted by Crippen LogP contribution is -2.27. The van der Waals surface area contributed by atoms with Crippen molar-refractivity contribution >= 4 is 15.9 Å². The number of nitrogens with one attached hydrogen (secondary N) is 1. The van der Waals surface area contributed by atoms with Gasteiger partial charge in [-0.2, -0.15) is 0 Å². The second-order valence-electron chi connectivity index (χ2n) is 5.21. The molecule has 1 unspecified atom stereocenters. The Bertz CT molecular complexity index is 390. The van der Waals surface area contributed by atoms with E-state index in [4.69, 9.17) is 0 Å². The summed E-state index contributed by atoms with van der Waals surface area (Å²) in [5, 5.41) is 3.49. The molecule has 1 aliphatic rings. The minimum Gasteiger partial charge on any atom is -0.310 e. The second kappa shape index (κ2) is 6.67. The van der Waals surface area contributed by atoms with Crippen molar-refractivity contribution in [1.82, 2.24) is 5.32 Å². The number of hydrogen-bond donors (Lipinski definition) is 1. The third-order valence-electron chi connectivity index (χ3n) is 3.77. The van der Waals surface area contributed by atoms with Crippen LogP contribution in [0.3, 0.4) is 0 Å². The molecule has 1 aliphatic carbocycles. The van der Waals surface area contributed by atoms with Crippen LogP contribution in [0.4, 0.5) is 4.39 Å². The average Bonchev–Trinajstić information content (AvgIpc) is 2.28. The van der Waals surface area contributed by atoms with Gasteiger partial charge in [0, 0.05) is 16.1 Å². The summed E-state index contributed by atoms with van der Waals surface area (Å²) < 4.78 is 14.8. The molecule has 1 fully saturated rings. The molecule has 1 aromatic rings. The summed E-state index contributed by atoms with van der Waals surface area (Å²) in [6, 6.07) is 5.57. The fourth-order valence-electron chi connectivity index (χ4n) is 2.48. The Kier molecular flexibility index (Phi) is 5.19. The van der Waals surface area contributed by atoms with Crippen molar-refractivity contribution in [2.45, 2.75) is 45.1 Å². The van der Waals surface area contributed by atoms with Crippen LogP contribution in [0.2, 0.25) is 0 Å². The van der Waals surface area contributed by atoms with Crippen LogP contribution in [0.1, 0.15) is 50.6 Å². The maximum Gasteiger partial charge on any atom is 0.129 e. The van der Waals surface area contributed by atoms with Crippen LogP contribution in [-0.4, -0.2) is 6.54 Å². The van der Waals surface area contributed by atoms with E-state index in [2.05, 4.69) is 28.2 Å². The molecular weight excluding hydrogens is 293 g/mol. The lowest BCUT2D eigenvalue weighted by Gasteiger charge is -2.30. The second-order valence-corrected chi connectivity index (χ2v) is 6.12. The van der Waals surface area contributed by atoms with E-state index in [1.54, 1.807) is 6.07 Å². The predicted octanol–water partition coefficient (Wildman–Crippen LogP) is 4.82. The molecule has 0 radical (unpaired) electrons. The Morgan fingerprint density at radius 2 is 2.22 bits per heavy atom. The first-order chi connectivity index (χ1) is 8.70. The Hall–Kier alpha value is -0.410. The molecule has 1 aromatic carbocycles. The molecule has 0 saturated heterocycles. The van der Waals surface area contributed by atoms with Gasteiger partial charge in [-0.05, 0) is 37.4 Å². The molecule has 1 nitrogen and oxygen atoms in total. The minimum absolute atomic E-state index is 0.0997. The standard InChI is InChI=1S/C15H21BrFN/c1-2-8-18-15(9-11-4-3-5-11)13-7-6-12(16)10-14(13)17/h6-7,10-11,15,18H,2-5,8-9H2,1H3. The molecule has 0 aromatic heterocycles. The maximum atomic E-state index is 14.0. The SMILES string of the molecule is CCCNC(CC1CCC1)c1ccc(Br)cc1F. The van der Waals surface area contributed by atoms with Gasteiger partial charge in [-0.15, -0.1) is 0 Å². The van der Waals surface area contributed by atoms with Crippen molar-refractivity contribution in [2.75, 3.05) is 6.54 Å². The smallest absolute Gasteiger partial charge is 0.129 e. The molecule has 0 heterocycles. The predicted molar refractivity (Wildman–Crippen MR) is 77.1 cm³/mol. The van der Waals surface area contributed by atoms with Crippen LogP contribution < -0.4 is 5.32 Å². The molecule has 0 amide bonds. The van der Waals surface area contributed by atoms with Gasteiger partial charge >= 0.3 is 0 Å². The largest absolute Gasteiger partial charge is 0.310 e. The first-order valence-corrected chi connectivity index (χ1v) is 7.68. The van der Waals surface area contributed by atoms with Crippen molar-refractivity contribution in [3.05, 3.63) is 34.1 Å². The summed E-state index contributed by atoms with van der Waals surface area (Å²) in [5.41, 5.74) is 0.818. The van der Waals surface area contributed by atoms with Crippen LogP contribution in [0.5, 0.6) is 0 Å². The van der Waals surface area contributed by atoms with Crippen molar-refractivity contribution in [2.24, 2.45) is 5.92 Å². The first-order valence-electron chi connectivity index (χ1n) is 6.89. The van der Waals surface area contributed by atoms with Gasteiger partial charge in [0.05, 0.1) is 0 Å². The third kappa shape index (κ3) is 3.55. The van der Waals surface area contributed by atoms with Crippen LogP contribution in [0.25, 0.3) is 0 Å². The fraction of sp³-hybridized carbons (Fsp3) is 0.600. The zero-order chi connectivity index (χ0) is 13.0. The van der Waals surface area contributed by atoms with Crippen molar-refractivity contribution in [1.29, 1.82) is 0 Å². The summed E-state index contributed by atoms with van der Waals surface area (Å²) in [6.07, 6.45) is 6.11. The van der Waals surface area contributed by atoms with Gasteiger partial charge in [-0.1, -0.05) is 48.2 Å². The van der Waals surface area contributed by atoms with Gasteiger partial charge in [0.2, 0.25) is 0 Å². The van der Waals surface area contributed by atoms with E-state index in [9.17, 15) is 4.39 Å². The summed E-state index contributed by atoms with van der Waals surface area (Å²) in [7, 11) is 0. The van der Waals surface area contributed by atoms with E-state index in [-0.39, 0.29) is 11.9 Å². The highest BCUT2D eigenvalue weighted by Gasteiger charge is 2.24. The van der Waals surface area contributed by atoms with Gasteiger partial charge in [-0.3, -0.25) is 0 Å². The van der Waals surface area contributed by atoms with Crippen molar-refractivity contribution in [3.8, 4) is 0 Å². The van der Waals surface area contributed by atoms with E-state index in [0.717, 1.165) is 35.3 Å². The molecule has 2 rings (SSSR count). The molecule has 3 heteroatoms. The molecule has 18 heavy (non-hydrogen) atoms. The lowest BCUT2D eigenvalue weighted by atomic mass is 9.79. The van der Waals surface area contributed by atoms with E-state index in [1.807, 2.05) is 12.1 Å². The highest BCUT2D eigenvalue weighted by atomic mass is 79.9. The molecule has 1 saturated carbocycles. The molecule has 100 valence electrons. The molecule has 0 spiro atoms. The molecular formula is C15H21BrFN. The van der Waals surface area contributed by atoms with Crippen LogP contribution in [-0.2, 0) is 0 Å². The van der Waals surface area contributed by atoms with E-state index < -0.39 is 0 Å². The Morgan fingerprint density at radius 1 is 1.44 bits per heavy atom. The highest BCUT2D eigenvalue weighted by Crippen LogP contribution is 2.35. The zero-order valence-electron chi connectivity index (χ0n) is 10.9. The van der Waals surface area contributed by atoms with Gasteiger partial charge < -0.3 is 5.32 Å². The Labute approximate surface area is 117 Å². The quantitative estimate of drug-likeness (QED) is 0.794. The number of rotatable bonds is 6. The van der Waals surface area contributed by atoms with Gasteiger partial charge in [0.15, 0.2) is 0 Å². The normalized spacial score (nSPS) is 17.5. The number of benzene rings is 1. The van der Waals surface area contributed by atoms with Gasteiger partial charge in [0.25, 0.3) is 0 Å². The van der Waals surface area contributed by atoms with Crippen LogP contribution in [0.15, 0.2) is 22.7 Å². The maximum absolute atomic E-state index is 14.0. The van der Waals surface area contributed by atoms with E-state index >= 15 is 0 Å². The van der Waals surface area contributed by atoms with Crippen LogP contribution in [0, 0.1) is 11.7 Å². The average molecular weight is 314 g/mol. The molecule has 1 atom stereocenters. The molecule has 0 aliphatic heterocycles. The van der Waals surface area contributed by atoms with E-state index in [0.29, 0.717) is 0 Å². The van der Waals surface area contributed by atoms with Crippen molar-refractivity contribution < 1.29 is 4.39 Å². The van der Waals surface area contributed by atoms with Gasteiger partial charge in [0.1, 0.15) is 5.82 Å². The number of halogens is 2. The summed E-state index contributed by atoms with van der Waals surface area (Å²) >= 11 is 3.31. The lowest BCUT2D eigenvalue weighted by molar-refractivity contribution is 0.259. The monoisotopic (exact) mass is 313 g/mol. The Balaban J connectivity index is 2.09. The number of hydrogen-bond acceptors (Lipinski definition) is 1. The minimum atomic E-state index is -0.0997. The van der Waals surface area contributed by atoms with E-state index in [1.165, 1.54) is 19.3 Å². The first kappa shape index (κ1) is 14.0. The van der Waals surface area contributed by atoms with Crippen molar-refractivity contribution in [3.63, 3.8) is 0 Å². The summed E-state index contributed by atoms with van der Waals surface area (Å²) in [6.45, 7) is 3.10. The summed E-state index contributed by atoms with van der Waals surface area (Å²) in [5.74, 6) is 0.680. The molecule has 0 bridgehead atoms. The fourth-order valence-corrected chi connectivity index (χ4v) is 2.82. The Morgan fingerprint density at radius 3 is 2.78 bits per heavy atom.